The number of ether oxygens (including phenoxy) is 2. The SMILES string of the molecule is COc1ccc(-c2cn3cc(C(=O)N[C@@H]4CCCOC4)nc3c(=O)n2C)cc1. The predicted molar refractivity (Wildman–Crippen MR) is 104 cm³/mol. The molecule has 2 aromatic heterocycles. The summed E-state index contributed by atoms with van der Waals surface area (Å²) in [5, 5.41) is 2.93. The maximum Gasteiger partial charge on any atom is 0.294 e. The van der Waals surface area contributed by atoms with E-state index in [0.717, 1.165) is 30.8 Å². The van der Waals surface area contributed by atoms with E-state index in [9.17, 15) is 9.59 Å². The third-order valence-corrected chi connectivity index (χ3v) is 4.96. The Labute approximate surface area is 161 Å². The zero-order chi connectivity index (χ0) is 19.7. The molecule has 28 heavy (non-hydrogen) atoms. The molecule has 1 aliphatic heterocycles. The molecule has 146 valence electrons. The number of nitrogens with one attached hydrogen (secondary N) is 1. The van der Waals surface area contributed by atoms with Crippen molar-refractivity contribution in [2.75, 3.05) is 20.3 Å². The highest BCUT2D eigenvalue weighted by molar-refractivity contribution is 5.93. The number of aromatic nitrogens is 3. The van der Waals surface area contributed by atoms with Crippen molar-refractivity contribution < 1.29 is 14.3 Å². The number of fused-ring (bicyclic) bond motifs is 1. The molecule has 0 bridgehead atoms. The molecule has 3 heterocycles. The van der Waals surface area contributed by atoms with Gasteiger partial charge in [-0.05, 0) is 37.1 Å². The molecule has 0 saturated carbocycles. The van der Waals surface area contributed by atoms with Gasteiger partial charge in [0.25, 0.3) is 11.5 Å². The molecular weight excluding hydrogens is 360 g/mol. The lowest BCUT2D eigenvalue weighted by Gasteiger charge is -2.22. The van der Waals surface area contributed by atoms with Crippen LogP contribution in [0.25, 0.3) is 16.9 Å². The number of amides is 1. The number of carbonyl (C=O) groups is 1. The molecule has 1 N–H and O–H groups in total. The molecule has 1 aliphatic rings. The van der Waals surface area contributed by atoms with Gasteiger partial charge in [-0.25, -0.2) is 4.98 Å². The van der Waals surface area contributed by atoms with Gasteiger partial charge in [0.15, 0.2) is 0 Å². The zero-order valence-electron chi connectivity index (χ0n) is 15.8. The highest BCUT2D eigenvalue weighted by atomic mass is 16.5. The summed E-state index contributed by atoms with van der Waals surface area (Å²) in [5.41, 5.74) is 1.74. The van der Waals surface area contributed by atoms with Crippen molar-refractivity contribution in [2.24, 2.45) is 7.05 Å². The summed E-state index contributed by atoms with van der Waals surface area (Å²) in [6, 6.07) is 7.41. The number of hydrogen-bond donors (Lipinski definition) is 1. The minimum atomic E-state index is -0.299. The van der Waals surface area contributed by atoms with Crippen LogP contribution in [0.1, 0.15) is 23.3 Å². The summed E-state index contributed by atoms with van der Waals surface area (Å²) in [5.74, 6) is 0.440. The third-order valence-electron chi connectivity index (χ3n) is 4.96. The third kappa shape index (κ3) is 3.38. The van der Waals surface area contributed by atoms with Crippen molar-refractivity contribution in [3.05, 3.63) is 52.7 Å². The second-order valence-electron chi connectivity index (χ2n) is 6.85. The first-order chi connectivity index (χ1) is 13.6. The molecule has 1 aromatic carbocycles. The van der Waals surface area contributed by atoms with Gasteiger partial charge in [-0.3, -0.25) is 14.0 Å². The summed E-state index contributed by atoms with van der Waals surface area (Å²) in [6.45, 7) is 1.23. The zero-order valence-corrected chi connectivity index (χ0v) is 15.8. The molecule has 1 amide bonds. The molecule has 0 radical (unpaired) electrons. The first-order valence-electron chi connectivity index (χ1n) is 9.18. The highest BCUT2D eigenvalue weighted by Gasteiger charge is 2.20. The van der Waals surface area contributed by atoms with Crippen molar-refractivity contribution in [3.63, 3.8) is 0 Å². The predicted octanol–water partition coefficient (Wildman–Crippen LogP) is 1.62. The standard InChI is InChI=1S/C20H22N4O4/c1-23-17(13-5-7-15(27-2)8-6-13)11-24-10-16(22-18(24)20(23)26)19(25)21-14-4-3-9-28-12-14/h5-8,10-11,14H,3-4,9,12H2,1-2H3,(H,21,25)/t14-/m1/s1. The Morgan fingerprint density at radius 2 is 2.07 bits per heavy atom. The molecule has 3 aromatic rings. The van der Waals surface area contributed by atoms with E-state index in [-0.39, 0.29) is 28.8 Å². The minimum Gasteiger partial charge on any atom is -0.497 e. The van der Waals surface area contributed by atoms with Crippen LogP contribution in [0.15, 0.2) is 41.5 Å². The van der Waals surface area contributed by atoms with Crippen LogP contribution in [-0.4, -0.2) is 46.2 Å². The number of imidazole rings is 1. The van der Waals surface area contributed by atoms with E-state index in [2.05, 4.69) is 10.3 Å². The molecule has 0 unspecified atom stereocenters. The second kappa shape index (κ2) is 7.47. The highest BCUT2D eigenvalue weighted by Crippen LogP contribution is 2.21. The van der Waals surface area contributed by atoms with Gasteiger partial charge in [-0.1, -0.05) is 0 Å². The topological polar surface area (TPSA) is 86.9 Å². The van der Waals surface area contributed by atoms with E-state index in [1.54, 1.807) is 31.0 Å². The first-order valence-corrected chi connectivity index (χ1v) is 9.18. The molecule has 8 heteroatoms. The summed E-state index contributed by atoms with van der Waals surface area (Å²) in [7, 11) is 3.30. The van der Waals surface area contributed by atoms with Crippen LogP contribution < -0.4 is 15.6 Å². The van der Waals surface area contributed by atoms with Crippen molar-refractivity contribution in [3.8, 4) is 17.0 Å². The fourth-order valence-corrected chi connectivity index (χ4v) is 3.38. The van der Waals surface area contributed by atoms with Crippen molar-refractivity contribution in [1.29, 1.82) is 0 Å². The van der Waals surface area contributed by atoms with Crippen LogP contribution in [-0.2, 0) is 11.8 Å². The van der Waals surface area contributed by atoms with E-state index in [0.29, 0.717) is 12.3 Å². The van der Waals surface area contributed by atoms with E-state index < -0.39 is 0 Å². The van der Waals surface area contributed by atoms with Gasteiger partial charge in [0, 0.05) is 31.6 Å². The first kappa shape index (κ1) is 18.2. The molecule has 1 atom stereocenters. The largest absolute Gasteiger partial charge is 0.497 e. The van der Waals surface area contributed by atoms with Gasteiger partial charge < -0.3 is 19.4 Å². The average Bonchev–Trinajstić information content (AvgIpc) is 3.16. The van der Waals surface area contributed by atoms with E-state index >= 15 is 0 Å². The number of methoxy groups -OCH3 is 1. The molecule has 0 aliphatic carbocycles. The van der Waals surface area contributed by atoms with E-state index in [1.807, 2.05) is 24.3 Å². The Bertz CT molecular complexity index is 1060. The molecule has 4 rings (SSSR count). The molecular formula is C20H22N4O4. The van der Waals surface area contributed by atoms with Crippen molar-refractivity contribution in [1.82, 2.24) is 19.3 Å². The summed E-state index contributed by atoms with van der Waals surface area (Å²) >= 11 is 0. The summed E-state index contributed by atoms with van der Waals surface area (Å²) in [4.78, 5) is 29.6. The van der Waals surface area contributed by atoms with Crippen LogP contribution in [0.2, 0.25) is 0 Å². The fraction of sp³-hybridized carbons (Fsp3) is 0.350. The Kier molecular flexibility index (Phi) is 4.87. The monoisotopic (exact) mass is 382 g/mol. The van der Waals surface area contributed by atoms with Gasteiger partial charge in [0.2, 0.25) is 5.65 Å². The average molecular weight is 382 g/mol. The normalized spacial score (nSPS) is 16.9. The van der Waals surface area contributed by atoms with Crippen molar-refractivity contribution in [2.45, 2.75) is 18.9 Å². The Balaban J connectivity index is 1.68. The van der Waals surface area contributed by atoms with Gasteiger partial charge in [-0.2, -0.15) is 0 Å². The number of rotatable bonds is 4. The lowest BCUT2D eigenvalue weighted by atomic mass is 10.1. The Morgan fingerprint density at radius 3 is 2.75 bits per heavy atom. The van der Waals surface area contributed by atoms with Gasteiger partial charge in [0.1, 0.15) is 11.4 Å². The molecule has 1 saturated heterocycles. The summed E-state index contributed by atoms with van der Waals surface area (Å²) < 4.78 is 13.7. The number of carbonyl (C=O) groups excluding carboxylic acids is 1. The van der Waals surface area contributed by atoms with Gasteiger partial charge >= 0.3 is 0 Å². The number of hydrogen-bond acceptors (Lipinski definition) is 5. The van der Waals surface area contributed by atoms with E-state index in [4.69, 9.17) is 9.47 Å². The van der Waals surface area contributed by atoms with Crippen LogP contribution in [0.5, 0.6) is 5.75 Å². The van der Waals surface area contributed by atoms with Crippen LogP contribution in [0.4, 0.5) is 0 Å². The number of nitrogens with zero attached hydrogens (tertiary/aromatic N) is 3. The van der Waals surface area contributed by atoms with E-state index in [1.165, 1.54) is 4.57 Å². The minimum absolute atomic E-state index is 0.0243. The Hall–Kier alpha value is -3.13. The van der Waals surface area contributed by atoms with Crippen LogP contribution in [0, 0.1) is 0 Å². The fourth-order valence-electron chi connectivity index (χ4n) is 3.38. The lowest BCUT2D eigenvalue weighted by molar-refractivity contribution is 0.0622. The maximum atomic E-state index is 12.8. The number of benzene rings is 1. The summed E-state index contributed by atoms with van der Waals surface area (Å²) in [6.07, 6.45) is 5.18. The van der Waals surface area contributed by atoms with Crippen LogP contribution in [0.3, 0.4) is 0 Å². The van der Waals surface area contributed by atoms with Gasteiger partial charge in [0.05, 0.1) is 25.5 Å². The molecule has 8 nitrogen and oxygen atoms in total. The lowest BCUT2D eigenvalue weighted by Crippen LogP contribution is -2.40. The smallest absolute Gasteiger partial charge is 0.294 e. The quantitative estimate of drug-likeness (QED) is 0.741. The van der Waals surface area contributed by atoms with Crippen LogP contribution >= 0.6 is 0 Å². The molecule has 0 spiro atoms. The maximum absolute atomic E-state index is 12.8. The second-order valence-corrected chi connectivity index (χ2v) is 6.85. The Morgan fingerprint density at radius 1 is 1.29 bits per heavy atom. The molecule has 1 fully saturated rings. The van der Waals surface area contributed by atoms with Crippen molar-refractivity contribution >= 4 is 11.6 Å². The van der Waals surface area contributed by atoms with Gasteiger partial charge in [-0.15, -0.1) is 0 Å².